The first-order chi connectivity index (χ1) is 15.6. The molecule has 2 saturated carbocycles. The molecule has 0 radical (unpaired) electrons. The van der Waals surface area contributed by atoms with Crippen LogP contribution in [0.1, 0.15) is 71.4 Å². The Morgan fingerprint density at radius 2 is 1.88 bits per heavy atom. The highest BCUT2D eigenvalue weighted by Gasteiger charge is 2.37. The lowest BCUT2D eigenvalue weighted by atomic mass is 9.77. The summed E-state index contributed by atoms with van der Waals surface area (Å²) in [7, 11) is 0. The van der Waals surface area contributed by atoms with Crippen molar-refractivity contribution < 1.29 is 19.0 Å². The van der Waals surface area contributed by atoms with Gasteiger partial charge in [-0.05, 0) is 77.8 Å². The van der Waals surface area contributed by atoms with Crippen molar-refractivity contribution in [1.29, 1.82) is 0 Å². The summed E-state index contributed by atoms with van der Waals surface area (Å²) in [5, 5.41) is 16.8. The van der Waals surface area contributed by atoms with Crippen LogP contribution in [0.2, 0.25) is 0 Å². The number of ether oxygens (including phenoxy) is 1. The molecule has 0 saturated heterocycles. The molecule has 2 heterocycles. The van der Waals surface area contributed by atoms with E-state index in [0.29, 0.717) is 30.0 Å². The van der Waals surface area contributed by atoms with Crippen LogP contribution in [-0.2, 0) is 10.3 Å². The van der Waals surface area contributed by atoms with Gasteiger partial charge in [0.1, 0.15) is 16.9 Å². The lowest BCUT2D eigenvalue weighted by Crippen LogP contribution is -2.42. The number of nitrogens with zero attached hydrogens (tertiary/aromatic N) is 3. The van der Waals surface area contributed by atoms with Crippen molar-refractivity contribution in [1.82, 2.24) is 20.3 Å². The van der Waals surface area contributed by atoms with Gasteiger partial charge in [0, 0.05) is 23.8 Å². The van der Waals surface area contributed by atoms with Crippen LogP contribution in [0.3, 0.4) is 0 Å². The molecule has 0 atom stereocenters. The Morgan fingerprint density at radius 3 is 2.52 bits per heavy atom. The average Bonchev–Trinajstić information content (AvgIpc) is 2.73. The number of hydrogen-bond donors (Lipinski definition) is 3. The monoisotopic (exact) mass is 457 g/mol. The second kappa shape index (κ2) is 9.21. The van der Waals surface area contributed by atoms with E-state index in [1.807, 2.05) is 20.8 Å². The molecule has 8 nitrogen and oxygen atoms in total. The Morgan fingerprint density at radius 1 is 1.18 bits per heavy atom. The lowest BCUT2D eigenvalue weighted by molar-refractivity contribution is -0.0425. The average molecular weight is 458 g/mol. The van der Waals surface area contributed by atoms with Gasteiger partial charge in [0.25, 0.3) is 0 Å². The summed E-state index contributed by atoms with van der Waals surface area (Å²) in [5.41, 5.74) is -0.152. The minimum absolute atomic E-state index is 0.0649. The van der Waals surface area contributed by atoms with E-state index in [-0.39, 0.29) is 17.8 Å². The van der Waals surface area contributed by atoms with Gasteiger partial charge in [0.15, 0.2) is 5.82 Å². The molecule has 2 aromatic rings. The predicted octanol–water partition coefficient (Wildman–Crippen LogP) is 4.30. The molecule has 2 aliphatic rings. The molecule has 2 fully saturated rings. The third kappa shape index (κ3) is 5.76. The van der Waals surface area contributed by atoms with Crippen molar-refractivity contribution in [2.24, 2.45) is 0 Å². The zero-order valence-electron chi connectivity index (χ0n) is 19.4. The molecule has 0 bridgehead atoms. The summed E-state index contributed by atoms with van der Waals surface area (Å²) in [6.07, 6.45) is 7.87. The standard InChI is InChI=1S/C24H32FN5O3/c1-23(2,3)33-22(31)29-17-7-5-16(6-8-17)28-21-27-14-18(25)20(30-21)15-9-12-26-19(13-15)24(32)10-4-11-24/h9,12-14,16-17,32H,4-8,10-11H2,1-3H3,(H,29,31)(H,27,28,30). The highest BCUT2D eigenvalue weighted by atomic mass is 19.1. The molecule has 1 amide bonds. The van der Waals surface area contributed by atoms with Gasteiger partial charge in [0.2, 0.25) is 5.95 Å². The number of carbonyl (C=O) groups is 1. The fourth-order valence-electron chi connectivity index (χ4n) is 4.28. The fourth-order valence-corrected chi connectivity index (χ4v) is 4.28. The molecule has 4 rings (SSSR count). The molecule has 33 heavy (non-hydrogen) atoms. The van der Waals surface area contributed by atoms with E-state index < -0.39 is 23.1 Å². The maximum Gasteiger partial charge on any atom is 0.407 e. The van der Waals surface area contributed by atoms with Crippen molar-refractivity contribution in [2.45, 2.75) is 89.0 Å². The van der Waals surface area contributed by atoms with Crippen molar-refractivity contribution >= 4 is 12.0 Å². The maximum absolute atomic E-state index is 14.6. The van der Waals surface area contributed by atoms with Crippen LogP contribution in [-0.4, -0.2) is 43.8 Å². The van der Waals surface area contributed by atoms with Gasteiger partial charge in [-0.1, -0.05) is 0 Å². The van der Waals surface area contributed by atoms with Gasteiger partial charge >= 0.3 is 6.09 Å². The summed E-state index contributed by atoms with van der Waals surface area (Å²) >= 11 is 0. The number of aliphatic hydroxyl groups is 1. The Bertz CT molecular complexity index is 998. The third-order valence-corrected chi connectivity index (χ3v) is 6.22. The minimum atomic E-state index is -0.924. The van der Waals surface area contributed by atoms with E-state index in [0.717, 1.165) is 32.1 Å². The smallest absolute Gasteiger partial charge is 0.407 e. The van der Waals surface area contributed by atoms with E-state index >= 15 is 0 Å². The highest BCUT2D eigenvalue weighted by molar-refractivity contribution is 5.68. The van der Waals surface area contributed by atoms with E-state index in [9.17, 15) is 14.3 Å². The largest absolute Gasteiger partial charge is 0.444 e. The fraction of sp³-hybridized carbons (Fsp3) is 0.583. The van der Waals surface area contributed by atoms with Crippen LogP contribution >= 0.6 is 0 Å². The first kappa shape index (κ1) is 23.4. The normalized spacial score (nSPS) is 22.2. The number of nitrogens with one attached hydrogen (secondary N) is 2. The van der Waals surface area contributed by atoms with Gasteiger partial charge in [0.05, 0.1) is 11.9 Å². The number of rotatable bonds is 5. The summed E-state index contributed by atoms with van der Waals surface area (Å²) in [4.78, 5) is 24.8. The Balaban J connectivity index is 1.37. The second-order valence-corrected chi connectivity index (χ2v) is 10.0. The Kier molecular flexibility index (Phi) is 6.52. The lowest BCUT2D eigenvalue weighted by Gasteiger charge is -2.36. The van der Waals surface area contributed by atoms with Crippen molar-refractivity contribution in [3.63, 3.8) is 0 Å². The number of pyridine rings is 1. The Hall–Kier alpha value is -2.81. The number of halogens is 1. The summed E-state index contributed by atoms with van der Waals surface area (Å²) in [6, 6.07) is 3.59. The summed E-state index contributed by atoms with van der Waals surface area (Å²) in [5.74, 6) is -0.167. The summed E-state index contributed by atoms with van der Waals surface area (Å²) < 4.78 is 19.9. The predicted molar refractivity (Wildman–Crippen MR) is 122 cm³/mol. The molecule has 9 heteroatoms. The highest BCUT2D eigenvalue weighted by Crippen LogP contribution is 2.41. The molecule has 0 unspecified atom stereocenters. The molecule has 0 aliphatic heterocycles. The van der Waals surface area contributed by atoms with Crippen LogP contribution in [0, 0.1) is 5.82 Å². The maximum atomic E-state index is 14.6. The van der Waals surface area contributed by atoms with Gasteiger partial charge in [-0.3, -0.25) is 4.98 Å². The number of hydrogen-bond acceptors (Lipinski definition) is 7. The van der Waals surface area contributed by atoms with E-state index in [1.165, 1.54) is 6.20 Å². The molecule has 3 N–H and O–H groups in total. The van der Waals surface area contributed by atoms with Crippen LogP contribution in [0.25, 0.3) is 11.3 Å². The molecule has 0 spiro atoms. The van der Waals surface area contributed by atoms with Gasteiger partial charge < -0.3 is 20.5 Å². The molecular formula is C24H32FN5O3. The number of anilines is 1. The first-order valence-electron chi connectivity index (χ1n) is 11.6. The van der Waals surface area contributed by atoms with Gasteiger partial charge in [-0.25, -0.2) is 19.2 Å². The molecule has 0 aromatic carbocycles. The van der Waals surface area contributed by atoms with Crippen LogP contribution in [0.4, 0.5) is 15.1 Å². The van der Waals surface area contributed by atoms with Crippen LogP contribution in [0.5, 0.6) is 0 Å². The third-order valence-electron chi connectivity index (χ3n) is 6.22. The van der Waals surface area contributed by atoms with E-state index in [1.54, 1.807) is 18.3 Å². The SMILES string of the molecule is CC(C)(C)OC(=O)NC1CCC(Nc2ncc(F)c(-c3ccnc(C4(O)CCC4)c3)n2)CC1. The molecule has 178 valence electrons. The first-order valence-corrected chi connectivity index (χ1v) is 11.6. The molecular weight excluding hydrogens is 425 g/mol. The minimum Gasteiger partial charge on any atom is -0.444 e. The number of carbonyl (C=O) groups excluding carboxylic acids is 1. The van der Waals surface area contributed by atoms with Crippen LogP contribution < -0.4 is 10.6 Å². The van der Waals surface area contributed by atoms with Crippen molar-refractivity contribution in [3.05, 3.63) is 36.0 Å². The van der Waals surface area contributed by atoms with E-state index in [2.05, 4.69) is 25.6 Å². The number of alkyl carbamates (subject to hydrolysis) is 1. The zero-order chi connectivity index (χ0) is 23.6. The van der Waals surface area contributed by atoms with Crippen molar-refractivity contribution in [3.8, 4) is 11.3 Å². The zero-order valence-corrected chi connectivity index (χ0v) is 19.4. The quantitative estimate of drug-likeness (QED) is 0.614. The molecule has 2 aliphatic carbocycles. The van der Waals surface area contributed by atoms with Gasteiger partial charge in [-0.15, -0.1) is 0 Å². The number of amides is 1. The van der Waals surface area contributed by atoms with Crippen molar-refractivity contribution in [2.75, 3.05) is 5.32 Å². The second-order valence-electron chi connectivity index (χ2n) is 10.0. The Labute approximate surface area is 193 Å². The summed E-state index contributed by atoms with van der Waals surface area (Å²) in [6.45, 7) is 5.52. The topological polar surface area (TPSA) is 109 Å². The van der Waals surface area contributed by atoms with E-state index in [4.69, 9.17) is 4.74 Å². The van der Waals surface area contributed by atoms with Crippen LogP contribution in [0.15, 0.2) is 24.5 Å². The number of aromatic nitrogens is 3. The molecule has 2 aromatic heterocycles. The van der Waals surface area contributed by atoms with Gasteiger partial charge in [-0.2, -0.15) is 0 Å².